The van der Waals surface area contributed by atoms with E-state index in [-0.39, 0.29) is 5.41 Å². The predicted molar refractivity (Wildman–Crippen MR) is 258 cm³/mol. The van der Waals surface area contributed by atoms with Crippen LogP contribution in [-0.4, -0.2) is 19.5 Å². The standard InChI is InChI=1S/C58H38N4O/c1-58(2)48-24-10-8-20-43(48)47-33-37(27-30-49(47)58)42-22-13-23-46-53-41-19-7-6-14-35(41)28-31-50(53)62(54(42)46)40-18-12-17-38(32-40)56-59-55(36-15-4-3-5-16-36)60-57(61-56)39-26-29-45-44-21-9-11-25-51(44)63-52(45)34-39/h3-34H,1-2H3. The lowest BCUT2D eigenvalue weighted by molar-refractivity contribution is 0.660. The first-order valence-electron chi connectivity index (χ1n) is 21.5. The lowest BCUT2D eigenvalue weighted by atomic mass is 9.82. The Labute approximate surface area is 363 Å². The Bertz CT molecular complexity index is 3840. The van der Waals surface area contributed by atoms with E-state index in [1.807, 2.05) is 54.6 Å². The van der Waals surface area contributed by atoms with Crippen LogP contribution in [0.4, 0.5) is 0 Å². The number of aromatic nitrogens is 4. The van der Waals surface area contributed by atoms with Crippen molar-refractivity contribution in [2.75, 3.05) is 0 Å². The van der Waals surface area contributed by atoms with Gasteiger partial charge in [0.1, 0.15) is 11.2 Å². The molecule has 0 N–H and O–H groups in total. The lowest BCUT2D eigenvalue weighted by Crippen LogP contribution is -2.14. The molecule has 12 aromatic rings. The summed E-state index contributed by atoms with van der Waals surface area (Å²) in [5, 5.41) is 7.04. The number of para-hydroxylation sites is 2. The van der Waals surface area contributed by atoms with Gasteiger partial charge in [-0.25, -0.2) is 15.0 Å². The molecule has 0 aliphatic heterocycles. The minimum atomic E-state index is -0.0693. The highest BCUT2D eigenvalue weighted by atomic mass is 16.3. The van der Waals surface area contributed by atoms with Gasteiger partial charge in [0.15, 0.2) is 17.5 Å². The normalized spacial score (nSPS) is 13.0. The fourth-order valence-corrected chi connectivity index (χ4v) is 10.2. The number of rotatable bonds is 5. The van der Waals surface area contributed by atoms with E-state index in [9.17, 15) is 0 Å². The number of hydrogen-bond acceptors (Lipinski definition) is 4. The van der Waals surface area contributed by atoms with Crippen LogP contribution in [0.1, 0.15) is 25.0 Å². The van der Waals surface area contributed by atoms with Gasteiger partial charge in [-0.2, -0.15) is 0 Å². The number of hydrogen-bond donors (Lipinski definition) is 0. The Morgan fingerprint density at radius 3 is 1.92 bits per heavy atom. The summed E-state index contributed by atoms with van der Waals surface area (Å²) in [5.74, 6) is 1.79. The van der Waals surface area contributed by atoms with E-state index < -0.39 is 0 Å². The van der Waals surface area contributed by atoms with E-state index in [0.29, 0.717) is 17.5 Å². The first-order valence-corrected chi connectivity index (χ1v) is 21.5. The molecule has 1 aliphatic rings. The smallest absolute Gasteiger partial charge is 0.164 e. The lowest BCUT2D eigenvalue weighted by Gasteiger charge is -2.21. The van der Waals surface area contributed by atoms with E-state index in [2.05, 4.69) is 158 Å². The molecular weight excluding hydrogens is 769 g/mol. The van der Waals surface area contributed by atoms with E-state index in [4.69, 9.17) is 19.4 Å². The van der Waals surface area contributed by atoms with Gasteiger partial charge < -0.3 is 8.98 Å². The zero-order valence-electron chi connectivity index (χ0n) is 34.7. The molecule has 0 bridgehead atoms. The van der Waals surface area contributed by atoms with Crippen molar-refractivity contribution >= 4 is 54.5 Å². The average Bonchev–Trinajstić information content (AvgIpc) is 3.97. The van der Waals surface area contributed by atoms with Crippen molar-refractivity contribution in [2.24, 2.45) is 0 Å². The molecule has 0 saturated carbocycles. The maximum absolute atomic E-state index is 6.31. The molecule has 0 unspecified atom stereocenters. The summed E-state index contributed by atoms with van der Waals surface area (Å²) in [7, 11) is 0. The Morgan fingerprint density at radius 2 is 1.05 bits per heavy atom. The van der Waals surface area contributed by atoms with Crippen LogP contribution >= 0.6 is 0 Å². The predicted octanol–water partition coefficient (Wildman–Crippen LogP) is 15.0. The third kappa shape index (κ3) is 5.39. The second-order valence-corrected chi connectivity index (χ2v) is 17.2. The maximum Gasteiger partial charge on any atom is 0.164 e. The Hall–Kier alpha value is -8.15. The van der Waals surface area contributed by atoms with Crippen LogP contribution in [0.5, 0.6) is 0 Å². The third-order valence-corrected chi connectivity index (χ3v) is 13.2. The number of benzene rings is 9. The molecular formula is C58H38N4O. The van der Waals surface area contributed by atoms with Crippen LogP contribution in [0.15, 0.2) is 199 Å². The van der Waals surface area contributed by atoms with Gasteiger partial charge in [0.25, 0.3) is 0 Å². The highest BCUT2D eigenvalue weighted by Crippen LogP contribution is 2.50. The van der Waals surface area contributed by atoms with Gasteiger partial charge in [-0.1, -0.05) is 166 Å². The summed E-state index contributed by atoms with van der Waals surface area (Å²) in [6, 6.07) is 69.1. The van der Waals surface area contributed by atoms with Gasteiger partial charge >= 0.3 is 0 Å². The molecule has 5 heteroatoms. The molecule has 63 heavy (non-hydrogen) atoms. The third-order valence-electron chi connectivity index (χ3n) is 13.2. The van der Waals surface area contributed by atoms with E-state index in [0.717, 1.165) is 55.3 Å². The van der Waals surface area contributed by atoms with Gasteiger partial charge in [0.05, 0.1) is 11.0 Å². The van der Waals surface area contributed by atoms with Gasteiger partial charge in [0.2, 0.25) is 0 Å². The number of furan rings is 1. The largest absolute Gasteiger partial charge is 0.456 e. The monoisotopic (exact) mass is 806 g/mol. The molecule has 13 rings (SSSR count). The van der Waals surface area contributed by atoms with Crippen molar-refractivity contribution in [3.05, 3.63) is 205 Å². The second-order valence-electron chi connectivity index (χ2n) is 17.2. The highest BCUT2D eigenvalue weighted by Gasteiger charge is 2.35. The summed E-state index contributed by atoms with van der Waals surface area (Å²) in [4.78, 5) is 15.4. The summed E-state index contributed by atoms with van der Waals surface area (Å²) in [5.41, 5.74) is 15.3. The van der Waals surface area contributed by atoms with Crippen molar-refractivity contribution in [2.45, 2.75) is 19.3 Å². The molecule has 0 radical (unpaired) electrons. The van der Waals surface area contributed by atoms with Crippen molar-refractivity contribution < 1.29 is 4.42 Å². The van der Waals surface area contributed by atoms with Crippen LogP contribution < -0.4 is 0 Å². The van der Waals surface area contributed by atoms with Gasteiger partial charge in [-0.3, -0.25) is 0 Å². The maximum atomic E-state index is 6.31. The van der Waals surface area contributed by atoms with Crippen LogP contribution in [-0.2, 0) is 5.41 Å². The summed E-state index contributed by atoms with van der Waals surface area (Å²) >= 11 is 0. The molecule has 3 heterocycles. The van der Waals surface area contributed by atoms with Gasteiger partial charge in [-0.15, -0.1) is 0 Å². The second kappa shape index (κ2) is 13.4. The molecule has 0 spiro atoms. The molecule has 296 valence electrons. The van der Waals surface area contributed by atoms with Crippen LogP contribution in [0.25, 0.3) is 117 Å². The van der Waals surface area contributed by atoms with Crippen molar-refractivity contribution in [3.8, 4) is 62.1 Å². The molecule has 1 aliphatic carbocycles. The Kier molecular flexibility index (Phi) is 7.58. The first-order chi connectivity index (χ1) is 31.0. The zero-order chi connectivity index (χ0) is 41.8. The van der Waals surface area contributed by atoms with Crippen LogP contribution in [0, 0.1) is 0 Å². The van der Waals surface area contributed by atoms with Crippen LogP contribution in [0.3, 0.4) is 0 Å². The minimum absolute atomic E-state index is 0.0693. The van der Waals surface area contributed by atoms with E-state index in [1.54, 1.807) is 0 Å². The Morgan fingerprint density at radius 1 is 0.413 bits per heavy atom. The van der Waals surface area contributed by atoms with Gasteiger partial charge in [0, 0.05) is 54.9 Å². The fourth-order valence-electron chi connectivity index (χ4n) is 10.2. The van der Waals surface area contributed by atoms with Crippen molar-refractivity contribution in [1.29, 1.82) is 0 Å². The SMILES string of the molecule is CC1(C)c2ccccc2-c2cc(-c3cccc4c5c6ccccc6ccc5n(-c5cccc(-c6nc(-c7ccccc7)nc(-c7ccc8c(c7)oc7ccccc78)n6)c5)c34)ccc21. The summed E-state index contributed by atoms with van der Waals surface area (Å²) in [6.45, 7) is 4.68. The minimum Gasteiger partial charge on any atom is -0.456 e. The average molecular weight is 807 g/mol. The van der Waals surface area contributed by atoms with Crippen LogP contribution in [0.2, 0.25) is 0 Å². The van der Waals surface area contributed by atoms with Gasteiger partial charge in [-0.05, 0) is 81.1 Å². The van der Waals surface area contributed by atoms with E-state index >= 15 is 0 Å². The first kappa shape index (κ1) is 35.6. The fraction of sp³-hybridized carbons (Fsp3) is 0.0517. The summed E-state index contributed by atoms with van der Waals surface area (Å²) in [6.07, 6.45) is 0. The van der Waals surface area contributed by atoms with E-state index in [1.165, 1.54) is 54.9 Å². The molecule has 3 aromatic heterocycles. The Balaban J connectivity index is 1.03. The topological polar surface area (TPSA) is 56.7 Å². The molecule has 5 nitrogen and oxygen atoms in total. The molecule has 0 saturated heterocycles. The van der Waals surface area contributed by atoms with Crippen molar-refractivity contribution in [3.63, 3.8) is 0 Å². The number of nitrogens with zero attached hydrogens (tertiary/aromatic N) is 4. The van der Waals surface area contributed by atoms with Crippen molar-refractivity contribution in [1.82, 2.24) is 19.5 Å². The zero-order valence-corrected chi connectivity index (χ0v) is 34.7. The molecule has 0 atom stereocenters. The summed E-state index contributed by atoms with van der Waals surface area (Å²) < 4.78 is 8.75. The quantitative estimate of drug-likeness (QED) is 0.174. The molecule has 9 aromatic carbocycles. The molecule has 0 fully saturated rings. The molecule has 0 amide bonds. The number of fused-ring (bicyclic) bond motifs is 11. The highest BCUT2D eigenvalue weighted by molar-refractivity contribution is 6.23.